The van der Waals surface area contributed by atoms with Gasteiger partial charge < -0.3 is 10.4 Å². The molecule has 2 N–H and O–H groups in total. The molecule has 2 aromatic rings. The van der Waals surface area contributed by atoms with Gasteiger partial charge in [0.1, 0.15) is 11.6 Å². The van der Waals surface area contributed by atoms with Crippen LogP contribution in [0, 0.1) is 0 Å². The molecule has 0 amide bonds. The van der Waals surface area contributed by atoms with Crippen molar-refractivity contribution < 1.29 is 5.11 Å². The van der Waals surface area contributed by atoms with Crippen LogP contribution in [-0.4, -0.2) is 16.6 Å². The minimum atomic E-state index is 0.301. The number of rotatable bonds is 1. The molecule has 3 nitrogen and oxygen atoms in total. The molecule has 0 fully saturated rings. The number of hydrogen-bond acceptors (Lipinski definition) is 3. The van der Waals surface area contributed by atoms with E-state index in [9.17, 15) is 5.11 Å². The monoisotopic (exact) mass is 212 g/mol. The Morgan fingerprint density at radius 1 is 1.25 bits per heavy atom. The van der Waals surface area contributed by atoms with Crippen molar-refractivity contribution in [1.82, 2.24) is 4.98 Å². The summed E-state index contributed by atoms with van der Waals surface area (Å²) in [6.45, 7) is 0.951. The number of pyridine rings is 1. The number of aromatic nitrogens is 1. The minimum Gasteiger partial charge on any atom is -0.507 e. The van der Waals surface area contributed by atoms with Gasteiger partial charge in [0.25, 0.3) is 0 Å². The van der Waals surface area contributed by atoms with Crippen molar-refractivity contribution in [2.24, 2.45) is 0 Å². The van der Waals surface area contributed by atoms with Gasteiger partial charge in [-0.1, -0.05) is 18.2 Å². The maximum atomic E-state index is 9.77. The first-order valence-corrected chi connectivity index (χ1v) is 5.36. The summed E-state index contributed by atoms with van der Waals surface area (Å²) in [6, 6.07) is 9.43. The Hall–Kier alpha value is -2.03. The van der Waals surface area contributed by atoms with Crippen LogP contribution >= 0.6 is 0 Å². The normalized spacial score (nSPS) is 13.2. The highest BCUT2D eigenvalue weighted by atomic mass is 16.3. The van der Waals surface area contributed by atoms with Crippen molar-refractivity contribution >= 4 is 5.82 Å². The molecule has 1 aliphatic rings. The zero-order valence-corrected chi connectivity index (χ0v) is 8.77. The van der Waals surface area contributed by atoms with Crippen LogP contribution in [0.25, 0.3) is 11.1 Å². The van der Waals surface area contributed by atoms with Crippen molar-refractivity contribution in [3.8, 4) is 16.9 Å². The van der Waals surface area contributed by atoms with Gasteiger partial charge in [-0.15, -0.1) is 0 Å². The predicted octanol–water partition coefficient (Wildman–Crippen LogP) is 2.42. The fourth-order valence-electron chi connectivity index (χ4n) is 2.04. The summed E-state index contributed by atoms with van der Waals surface area (Å²) >= 11 is 0. The Morgan fingerprint density at radius 2 is 2.12 bits per heavy atom. The van der Waals surface area contributed by atoms with E-state index in [0.29, 0.717) is 5.75 Å². The quantitative estimate of drug-likeness (QED) is 0.763. The van der Waals surface area contributed by atoms with Crippen LogP contribution in [0.3, 0.4) is 0 Å². The Bertz CT molecular complexity index is 537. The van der Waals surface area contributed by atoms with Gasteiger partial charge in [-0.25, -0.2) is 4.98 Å². The predicted molar refractivity (Wildman–Crippen MR) is 63.5 cm³/mol. The second-order valence-electron chi connectivity index (χ2n) is 3.93. The molecule has 16 heavy (non-hydrogen) atoms. The molecule has 0 saturated heterocycles. The van der Waals surface area contributed by atoms with E-state index in [1.807, 2.05) is 18.2 Å². The van der Waals surface area contributed by atoms with Crippen LogP contribution in [0.15, 0.2) is 36.5 Å². The van der Waals surface area contributed by atoms with Crippen LogP contribution in [0.5, 0.6) is 5.75 Å². The Morgan fingerprint density at radius 3 is 3.00 bits per heavy atom. The van der Waals surface area contributed by atoms with Gasteiger partial charge in [-0.3, -0.25) is 0 Å². The molecule has 1 aromatic carbocycles. The molecule has 1 aromatic heterocycles. The minimum absolute atomic E-state index is 0.301. The third-order valence-electron chi connectivity index (χ3n) is 2.87. The highest BCUT2D eigenvalue weighted by Gasteiger charge is 2.13. The first-order valence-electron chi connectivity index (χ1n) is 5.36. The molecule has 2 heterocycles. The fourth-order valence-corrected chi connectivity index (χ4v) is 2.04. The number of anilines is 1. The van der Waals surface area contributed by atoms with Gasteiger partial charge in [0.2, 0.25) is 0 Å². The highest BCUT2D eigenvalue weighted by Crippen LogP contribution is 2.31. The van der Waals surface area contributed by atoms with Crippen molar-refractivity contribution in [2.45, 2.75) is 6.42 Å². The van der Waals surface area contributed by atoms with Gasteiger partial charge >= 0.3 is 0 Å². The summed E-state index contributed by atoms with van der Waals surface area (Å²) < 4.78 is 0. The van der Waals surface area contributed by atoms with Crippen LogP contribution in [0.4, 0.5) is 5.82 Å². The average molecular weight is 212 g/mol. The van der Waals surface area contributed by atoms with E-state index >= 15 is 0 Å². The number of benzene rings is 1. The third-order valence-corrected chi connectivity index (χ3v) is 2.87. The van der Waals surface area contributed by atoms with Crippen LogP contribution in [0.1, 0.15) is 5.56 Å². The highest BCUT2D eigenvalue weighted by molar-refractivity contribution is 5.71. The summed E-state index contributed by atoms with van der Waals surface area (Å²) in [6.07, 6.45) is 2.80. The summed E-state index contributed by atoms with van der Waals surface area (Å²) in [7, 11) is 0. The lowest BCUT2D eigenvalue weighted by molar-refractivity contribution is 0.477. The zero-order valence-electron chi connectivity index (χ0n) is 8.77. The van der Waals surface area contributed by atoms with Gasteiger partial charge in [0.05, 0.1) is 0 Å². The van der Waals surface area contributed by atoms with Crippen molar-refractivity contribution in [3.63, 3.8) is 0 Å². The van der Waals surface area contributed by atoms with E-state index in [2.05, 4.69) is 16.4 Å². The smallest absolute Gasteiger partial charge is 0.129 e. The Balaban J connectivity index is 2.11. The number of phenols is 1. The first-order chi connectivity index (χ1) is 7.84. The lowest BCUT2D eigenvalue weighted by Crippen LogP contribution is -1.92. The number of para-hydroxylation sites is 1. The van der Waals surface area contributed by atoms with Crippen LogP contribution in [-0.2, 0) is 6.42 Å². The SMILES string of the molecule is Oc1ccccc1-c1cnc2c(c1)CCN2. The first kappa shape index (κ1) is 9.21. The molecular formula is C13H12N2O. The molecule has 3 rings (SSSR count). The van der Waals surface area contributed by atoms with Crippen molar-refractivity contribution in [1.29, 1.82) is 0 Å². The van der Waals surface area contributed by atoms with E-state index in [1.165, 1.54) is 5.56 Å². The van der Waals surface area contributed by atoms with Crippen LogP contribution in [0.2, 0.25) is 0 Å². The average Bonchev–Trinajstić information content (AvgIpc) is 2.76. The number of hydrogen-bond donors (Lipinski definition) is 2. The summed E-state index contributed by atoms with van der Waals surface area (Å²) in [5.41, 5.74) is 3.03. The standard InChI is InChI=1S/C13H12N2O/c16-12-4-2-1-3-11(12)10-7-9-5-6-14-13(9)15-8-10/h1-4,7-8,16H,5-6H2,(H,14,15). The van der Waals surface area contributed by atoms with Gasteiger partial charge in [0, 0.05) is 23.9 Å². The molecule has 0 unspecified atom stereocenters. The van der Waals surface area contributed by atoms with Gasteiger partial charge in [-0.05, 0) is 24.1 Å². The molecule has 0 bridgehead atoms. The largest absolute Gasteiger partial charge is 0.507 e. The third kappa shape index (κ3) is 1.41. The summed E-state index contributed by atoms with van der Waals surface area (Å²) in [5.74, 6) is 1.27. The molecular weight excluding hydrogens is 200 g/mol. The van der Waals surface area contributed by atoms with E-state index in [-0.39, 0.29) is 0 Å². The number of aromatic hydroxyl groups is 1. The zero-order chi connectivity index (χ0) is 11.0. The van der Waals surface area contributed by atoms with Crippen LogP contribution < -0.4 is 5.32 Å². The maximum absolute atomic E-state index is 9.77. The van der Waals surface area contributed by atoms with Gasteiger partial charge in [-0.2, -0.15) is 0 Å². The molecule has 0 radical (unpaired) electrons. The molecule has 1 aliphatic heterocycles. The Kier molecular flexibility index (Phi) is 2.03. The van der Waals surface area contributed by atoms with E-state index in [4.69, 9.17) is 0 Å². The molecule has 0 atom stereocenters. The lowest BCUT2D eigenvalue weighted by atomic mass is 10.0. The van der Waals surface area contributed by atoms with Crippen molar-refractivity contribution in [2.75, 3.05) is 11.9 Å². The second-order valence-corrected chi connectivity index (χ2v) is 3.93. The number of nitrogens with one attached hydrogen (secondary N) is 1. The van der Waals surface area contributed by atoms with Crippen molar-refractivity contribution in [3.05, 3.63) is 42.1 Å². The second kappa shape index (κ2) is 3.52. The molecule has 0 spiro atoms. The topological polar surface area (TPSA) is 45.2 Å². The number of phenolic OH excluding ortho intramolecular Hbond substituents is 1. The molecule has 0 saturated carbocycles. The lowest BCUT2D eigenvalue weighted by Gasteiger charge is -2.05. The van der Waals surface area contributed by atoms with E-state index in [1.54, 1.807) is 12.3 Å². The molecule has 3 heteroatoms. The summed E-state index contributed by atoms with van der Waals surface area (Å²) in [4.78, 5) is 4.35. The van der Waals surface area contributed by atoms with E-state index < -0.39 is 0 Å². The molecule has 80 valence electrons. The number of nitrogens with zero attached hydrogens (tertiary/aromatic N) is 1. The maximum Gasteiger partial charge on any atom is 0.129 e. The number of fused-ring (bicyclic) bond motifs is 1. The summed E-state index contributed by atoms with van der Waals surface area (Å²) in [5, 5.41) is 13.0. The fraction of sp³-hybridized carbons (Fsp3) is 0.154. The Labute approximate surface area is 93.8 Å². The van der Waals surface area contributed by atoms with Gasteiger partial charge in [0.15, 0.2) is 0 Å². The van der Waals surface area contributed by atoms with E-state index in [0.717, 1.165) is 29.9 Å². The molecule has 0 aliphatic carbocycles.